The Morgan fingerprint density at radius 2 is 2.11 bits per heavy atom. The van der Waals surface area contributed by atoms with E-state index in [9.17, 15) is 9.59 Å². The summed E-state index contributed by atoms with van der Waals surface area (Å²) in [6.07, 6.45) is 1.58. The van der Waals surface area contributed by atoms with Crippen molar-refractivity contribution >= 4 is 40.3 Å². The van der Waals surface area contributed by atoms with E-state index in [0.717, 1.165) is 10.9 Å². The van der Waals surface area contributed by atoms with Crippen molar-refractivity contribution in [2.75, 3.05) is 23.3 Å². The Bertz CT molecular complexity index is 1080. The molecule has 1 saturated heterocycles. The fraction of sp³-hybridized carbons (Fsp3) is 0.222. The normalized spacial score (nSPS) is 15.0. The molecular weight excluding hydrogens is 368 g/mol. The maximum Gasteiger partial charge on any atom is 0.323 e. The minimum absolute atomic E-state index is 0.185. The minimum Gasteiger partial charge on any atom is -0.347 e. The molecule has 138 valence electrons. The van der Waals surface area contributed by atoms with E-state index in [4.69, 9.17) is 11.6 Å². The van der Waals surface area contributed by atoms with Crippen molar-refractivity contribution in [2.24, 2.45) is 0 Å². The second kappa shape index (κ2) is 6.88. The Morgan fingerprint density at radius 3 is 2.89 bits per heavy atom. The van der Waals surface area contributed by atoms with Crippen LogP contribution in [0.1, 0.15) is 18.5 Å². The summed E-state index contributed by atoms with van der Waals surface area (Å²) in [4.78, 5) is 37.2. The van der Waals surface area contributed by atoms with Crippen LogP contribution in [0.4, 0.5) is 16.6 Å². The van der Waals surface area contributed by atoms with Crippen LogP contribution in [0.5, 0.6) is 0 Å². The molecule has 1 aliphatic rings. The number of anilines is 2. The Hall–Kier alpha value is -3.13. The number of carbonyl (C=O) groups excluding carboxylic acids is 1. The van der Waals surface area contributed by atoms with Gasteiger partial charge in [0.15, 0.2) is 0 Å². The highest BCUT2D eigenvalue weighted by Gasteiger charge is 2.23. The summed E-state index contributed by atoms with van der Waals surface area (Å²) >= 11 is 6.05. The van der Waals surface area contributed by atoms with Crippen LogP contribution in [0.3, 0.4) is 0 Å². The number of fused-ring (bicyclic) bond motifs is 1. The Kier molecular flexibility index (Phi) is 4.41. The van der Waals surface area contributed by atoms with Gasteiger partial charge in [-0.25, -0.2) is 9.78 Å². The van der Waals surface area contributed by atoms with Crippen molar-refractivity contribution in [1.82, 2.24) is 20.3 Å². The van der Waals surface area contributed by atoms with Crippen LogP contribution in [0, 0.1) is 0 Å². The number of carbonyl (C=O) groups is 1. The number of pyridine rings is 1. The lowest BCUT2D eigenvalue weighted by molar-refractivity contribution is 0.252. The standard InChI is InChI=1S/C18H17ClN6O2/c1-10(13-9-11-8-12(19)2-3-14(11)23-16(13)26)22-17-20-5-4-15(24-17)25-7-6-21-18(25)27/h2-5,8-10H,6-7H2,1H3,(H,21,27)(H,23,26)(H,20,22,24). The molecule has 1 aromatic carbocycles. The Labute approximate surface area is 159 Å². The zero-order valence-electron chi connectivity index (χ0n) is 14.5. The van der Waals surface area contributed by atoms with E-state index in [1.807, 2.05) is 6.92 Å². The van der Waals surface area contributed by atoms with Gasteiger partial charge in [0, 0.05) is 40.8 Å². The van der Waals surface area contributed by atoms with Crippen LogP contribution in [0.2, 0.25) is 5.02 Å². The summed E-state index contributed by atoms with van der Waals surface area (Å²) in [5.41, 5.74) is 1.07. The molecular formula is C18H17ClN6O2. The fourth-order valence-electron chi connectivity index (χ4n) is 3.05. The first kappa shape index (κ1) is 17.3. The molecule has 2 aromatic heterocycles. The number of aromatic nitrogens is 3. The van der Waals surface area contributed by atoms with E-state index in [1.165, 1.54) is 0 Å². The van der Waals surface area contributed by atoms with Gasteiger partial charge in [0.2, 0.25) is 5.95 Å². The molecule has 27 heavy (non-hydrogen) atoms. The van der Waals surface area contributed by atoms with Crippen LogP contribution in [-0.4, -0.2) is 34.1 Å². The third-order valence-corrected chi connectivity index (χ3v) is 4.66. The first-order chi connectivity index (χ1) is 13.0. The lowest BCUT2D eigenvalue weighted by Gasteiger charge is -2.17. The number of aromatic amines is 1. The van der Waals surface area contributed by atoms with Gasteiger partial charge in [0.25, 0.3) is 5.56 Å². The fourth-order valence-corrected chi connectivity index (χ4v) is 3.23. The van der Waals surface area contributed by atoms with E-state index in [-0.39, 0.29) is 17.6 Å². The van der Waals surface area contributed by atoms with Crippen molar-refractivity contribution < 1.29 is 4.79 Å². The number of hydrogen-bond donors (Lipinski definition) is 3. The number of nitrogens with zero attached hydrogens (tertiary/aromatic N) is 3. The number of urea groups is 1. The molecule has 0 saturated carbocycles. The van der Waals surface area contributed by atoms with Gasteiger partial charge in [0.1, 0.15) is 5.82 Å². The van der Waals surface area contributed by atoms with Crippen LogP contribution < -0.4 is 21.1 Å². The highest BCUT2D eigenvalue weighted by Crippen LogP contribution is 2.22. The van der Waals surface area contributed by atoms with E-state index in [0.29, 0.717) is 35.4 Å². The molecule has 3 aromatic rings. The van der Waals surface area contributed by atoms with Crippen LogP contribution in [0.25, 0.3) is 10.9 Å². The molecule has 0 aliphatic carbocycles. The molecule has 9 heteroatoms. The summed E-state index contributed by atoms with van der Waals surface area (Å²) in [6, 6.07) is 8.24. The SMILES string of the molecule is CC(Nc1nccc(N2CCNC2=O)n1)c1cc2cc(Cl)ccc2[nH]c1=O. The van der Waals surface area contributed by atoms with Crippen molar-refractivity contribution in [3.05, 3.63) is 57.5 Å². The average Bonchev–Trinajstić information content (AvgIpc) is 3.07. The number of H-pyrrole nitrogens is 1. The second-order valence-corrected chi connectivity index (χ2v) is 6.71. The molecule has 1 unspecified atom stereocenters. The Balaban J connectivity index is 1.61. The molecule has 3 heterocycles. The van der Waals surface area contributed by atoms with Gasteiger partial charge in [-0.3, -0.25) is 9.69 Å². The zero-order chi connectivity index (χ0) is 19.0. The van der Waals surface area contributed by atoms with Crippen molar-refractivity contribution in [1.29, 1.82) is 0 Å². The quantitative estimate of drug-likeness (QED) is 0.641. The predicted octanol–water partition coefficient (Wildman–Crippen LogP) is 2.67. The van der Waals surface area contributed by atoms with Gasteiger partial charge in [-0.05, 0) is 37.3 Å². The third-order valence-electron chi connectivity index (χ3n) is 4.42. The van der Waals surface area contributed by atoms with Crippen molar-refractivity contribution in [3.63, 3.8) is 0 Å². The average molecular weight is 385 g/mol. The van der Waals surface area contributed by atoms with E-state index >= 15 is 0 Å². The van der Waals surface area contributed by atoms with Gasteiger partial charge in [-0.15, -0.1) is 0 Å². The number of benzene rings is 1. The summed E-state index contributed by atoms with van der Waals surface area (Å²) < 4.78 is 0. The number of nitrogens with one attached hydrogen (secondary N) is 3. The van der Waals surface area contributed by atoms with Gasteiger partial charge in [-0.2, -0.15) is 4.98 Å². The molecule has 2 amide bonds. The highest BCUT2D eigenvalue weighted by molar-refractivity contribution is 6.31. The van der Waals surface area contributed by atoms with E-state index in [1.54, 1.807) is 41.4 Å². The van der Waals surface area contributed by atoms with Crippen molar-refractivity contribution in [2.45, 2.75) is 13.0 Å². The molecule has 1 atom stereocenters. The number of hydrogen-bond acceptors (Lipinski definition) is 5. The summed E-state index contributed by atoms with van der Waals surface area (Å²) in [7, 11) is 0. The van der Waals surface area contributed by atoms with Gasteiger partial charge in [0.05, 0.1) is 6.04 Å². The molecule has 4 rings (SSSR count). The second-order valence-electron chi connectivity index (χ2n) is 6.27. The minimum atomic E-state index is -0.347. The lowest BCUT2D eigenvalue weighted by Crippen LogP contribution is -2.28. The van der Waals surface area contributed by atoms with Crippen LogP contribution in [0.15, 0.2) is 41.3 Å². The van der Waals surface area contributed by atoms with E-state index in [2.05, 4.69) is 25.6 Å². The van der Waals surface area contributed by atoms with Crippen LogP contribution in [-0.2, 0) is 0 Å². The van der Waals surface area contributed by atoms with Crippen molar-refractivity contribution in [3.8, 4) is 0 Å². The zero-order valence-corrected chi connectivity index (χ0v) is 15.2. The van der Waals surface area contributed by atoms with Gasteiger partial charge < -0.3 is 15.6 Å². The van der Waals surface area contributed by atoms with E-state index < -0.39 is 0 Å². The number of rotatable bonds is 4. The molecule has 8 nitrogen and oxygen atoms in total. The number of halogens is 1. The summed E-state index contributed by atoms with van der Waals surface area (Å²) in [5, 5.41) is 7.30. The maximum atomic E-state index is 12.4. The molecule has 0 bridgehead atoms. The maximum absolute atomic E-state index is 12.4. The lowest BCUT2D eigenvalue weighted by atomic mass is 10.1. The monoisotopic (exact) mass is 384 g/mol. The molecule has 0 radical (unpaired) electrons. The highest BCUT2D eigenvalue weighted by atomic mass is 35.5. The Morgan fingerprint density at radius 1 is 1.26 bits per heavy atom. The van der Waals surface area contributed by atoms with Gasteiger partial charge in [-0.1, -0.05) is 11.6 Å². The van der Waals surface area contributed by atoms with Crippen LogP contribution >= 0.6 is 11.6 Å². The predicted molar refractivity (Wildman–Crippen MR) is 104 cm³/mol. The first-order valence-corrected chi connectivity index (χ1v) is 8.86. The third kappa shape index (κ3) is 3.43. The first-order valence-electron chi connectivity index (χ1n) is 8.49. The topological polar surface area (TPSA) is 103 Å². The number of amides is 2. The molecule has 1 fully saturated rings. The molecule has 0 spiro atoms. The van der Waals surface area contributed by atoms with Gasteiger partial charge >= 0.3 is 6.03 Å². The summed E-state index contributed by atoms with van der Waals surface area (Å²) in [6.45, 7) is 2.98. The summed E-state index contributed by atoms with van der Waals surface area (Å²) in [5.74, 6) is 0.846. The largest absolute Gasteiger partial charge is 0.347 e. The molecule has 3 N–H and O–H groups in total. The smallest absolute Gasteiger partial charge is 0.323 e. The molecule has 1 aliphatic heterocycles.